The number of anilines is 2. The number of hydrogen-bond donors (Lipinski definition) is 1. The van der Waals surface area contributed by atoms with Gasteiger partial charge >= 0.3 is 0 Å². The summed E-state index contributed by atoms with van der Waals surface area (Å²) in [6, 6.07) is 23.6. The summed E-state index contributed by atoms with van der Waals surface area (Å²) >= 11 is 0. The number of fused-ring (bicyclic) bond motifs is 1. The molecule has 28 heavy (non-hydrogen) atoms. The van der Waals surface area contributed by atoms with Crippen LogP contribution in [0.4, 0.5) is 11.4 Å². The van der Waals surface area contributed by atoms with Crippen LogP contribution in [-0.2, 0) is 17.6 Å². The molecule has 0 spiro atoms. The van der Waals surface area contributed by atoms with Gasteiger partial charge in [0.1, 0.15) is 0 Å². The molecule has 4 nitrogen and oxygen atoms in total. The molecule has 4 rings (SSSR count). The molecule has 3 aromatic carbocycles. The van der Waals surface area contributed by atoms with Crippen molar-refractivity contribution in [3.05, 3.63) is 95.1 Å². The Kier molecular flexibility index (Phi) is 4.94. The van der Waals surface area contributed by atoms with Crippen molar-refractivity contribution in [3.63, 3.8) is 0 Å². The van der Waals surface area contributed by atoms with Gasteiger partial charge in [0.15, 0.2) is 0 Å². The van der Waals surface area contributed by atoms with Crippen LogP contribution in [0.15, 0.2) is 72.8 Å². The third-order valence-electron chi connectivity index (χ3n) is 5.11. The Morgan fingerprint density at radius 2 is 1.71 bits per heavy atom. The summed E-state index contributed by atoms with van der Waals surface area (Å²) in [5, 5.41) is 3.02. The largest absolute Gasteiger partial charge is 0.322 e. The number of carbonyl (C=O) groups is 2. The van der Waals surface area contributed by atoms with Gasteiger partial charge in [0.05, 0.1) is 0 Å². The van der Waals surface area contributed by atoms with E-state index in [9.17, 15) is 9.59 Å². The monoisotopic (exact) mass is 370 g/mol. The molecule has 1 aliphatic rings. The first kappa shape index (κ1) is 18.0. The van der Waals surface area contributed by atoms with E-state index in [-0.39, 0.29) is 11.8 Å². The summed E-state index contributed by atoms with van der Waals surface area (Å²) in [5.41, 5.74) is 5.63. The minimum Gasteiger partial charge on any atom is -0.322 e. The van der Waals surface area contributed by atoms with Crippen LogP contribution < -0.4 is 10.2 Å². The quantitative estimate of drug-likeness (QED) is 0.738. The lowest BCUT2D eigenvalue weighted by Gasteiger charge is -2.15. The molecule has 0 unspecified atom stereocenters. The highest BCUT2D eigenvalue weighted by atomic mass is 16.2. The fourth-order valence-corrected chi connectivity index (χ4v) is 3.72. The summed E-state index contributed by atoms with van der Waals surface area (Å²) in [6.07, 6.45) is 1.52. The fraction of sp³-hybridized carbons (Fsp3) is 0.167. The molecule has 0 atom stereocenters. The van der Waals surface area contributed by atoms with Gasteiger partial charge in [-0.05, 0) is 53.8 Å². The maximum absolute atomic E-state index is 12.9. The first-order chi connectivity index (χ1) is 13.6. The second kappa shape index (κ2) is 7.69. The first-order valence-electron chi connectivity index (χ1n) is 9.46. The van der Waals surface area contributed by atoms with Gasteiger partial charge in [-0.25, -0.2) is 0 Å². The van der Waals surface area contributed by atoms with Gasteiger partial charge in [-0.2, -0.15) is 0 Å². The molecule has 0 fully saturated rings. The van der Waals surface area contributed by atoms with Crippen LogP contribution in [-0.4, -0.2) is 18.4 Å². The molecule has 2 amide bonds. The molecule has 1 aliphatic heterocycles. The second-order valence-electron chi connectivity index (χ2n) is 7.04. The first-order valence-corrected chi connectivity index (χ1v) is 9.46. The van der Waals surface area contributed by atoms with Gasteiger partial charge in [-0.3, -0.25) is 9.59 Å². The Balaban J connectivity index is 1.54. The normalized spacial score (nSPS) is 12.5. The van der Waals surface area contributed by atoms with E-state index in [0.29, 0.717) is 18.5 Å². The fourth-order valence-electron chi connectivity index (χ4n) is 3.72. The van der Waals surface area contributed by atoms with Gasteiger partial charge in [0, 0.05) is 30.4 Å². The number of nitrogens with zero attached hydrogens (tertiary/aromatic N) is 1. The van der Waals surface area contributed by atoms with Crippen LogP contribution in [0, 0.1) is 0 Å². The van der Waals surface area contributed by atoms with Crippen LogP contribution in [0.3, 0.4) is 0 Å². The van der Waals surface area contributed by atoms with Gasteiger partial charge in [-0.15, -0.1) is 0 Å². The minimum absolute atomic E-state index is 0.0466. The molecule has 3 aromatic rings. The van der Waals surface area contributed by atoms with Crippen LogP contribution in [0.5, 0.6) is 0 Å². The number of benzene rings is 3. The van der Waals surface area contributed by atoms with E-state index in [1.54, 1.807) is 11.8 Å². The van der Waals surface area contributed by atoms with Crippen molar-refractivity contribution in [1.29, 1.82) is 0 Å². The maximum Gasteiger partial charge on any atom is 0.255 e. The average molecular weight is 370 g/mol. The van der Waals surface area contributed by atoms with Crippen molar-refractivity contribution in [3.8, 4) is 0 Å². The molecule has 1 N–H and O–H groups in total. The van der Waals surface area contributed by atoms with Gasteiger partial charge in [0.25, 0.3) is 5.91 Å². The molecular weight excluding hydrogens is 348 g/mol. The molecule has 0 bridgehead atoms. The van der Waals surface area contributed by atoms with Crippen LogP contribution >= 0.6 is 0 Å². The number of amides is 2. The van der Waals surface area contributed by atoms with E-state index >= 15 is 0 Å². The van der Waals surface area contributed by atoms with E-state index in [1.807, 2.05) is 60.7 Å². The Morgan fingerprint density at radius 3 is 2.50 bits per heavy atom. The zero-order valence-electron chi connectivity index (χ0n) is 15.8. The zero-order valence-corrected chi connectivity index (χ0v) is 15.8. The van der Waals surface area contributed by atoms with Crippen molar-refractivity contribution < 1.29 is 9.59 Å². The number of rotatable bonds is 4. The average Bonchev–Trinajstić information content (AvgIpc) is 3.13. The van der Waals surface area contributed by atoms with E-state index in [0.717, 1.165) is 28.9 Å². The van der Waals surface area contributed by atoms with E-state index in [4.69, 9.17) is 0 Å². The standard InChI is InChI=1S/C24H22N2O2/c1-17(27)26-14-13-20-16-21(11-12-23(20)26)25-24(28)22-10-6-5-9-19(22)15-18-7-3-2-4-8-18/h2-12,16H,13-15H2,1H3,(H,25,28). The smallest absolute Gasteiger partial charge is 0.255 e. The lowest BCUT2D eigenvalue weighted by atomic mass is 9.99. The predicted octanol–water partition coefficient (Wildman–Crippen LogP) is 4.44. The molecule has 0 radical (unpaired) electrons. The van der Waals surface area contributed by atoms with Crippen molar-refractivity contribution in [2.24, 2.45) is 0 Å². The number of carbonyl (C=O) groups excluding carboxylic acids is 2. The number of hydrogen-bond acceptors (Lipinski definition) is 2. The molecule has 0 saturated heterocycles. The predicted molar refractivity (Wildman–Crippen MR) is 112 cm³/mol. The highest BCUT2D eigenvalue weighted by Crippen LogP contribution is 2.30. The van der Waals surface area contributed by atoms with Gasteiger partial charge < -0.3 is 10.2 Å². The third-order valence-corrected chi connectivity index (χ3v) is 5.11. The molecular formula is C24H22N2O2. The van der Waals surface area contributed by atoms with Gasteiger partial charge in [-0.1, -0.05) is 48.5 Å². The van der Waals surface area contributed by atoms with Crippen molar-refractivity contribution in [1.82, 2.24) is 0 Å². The third kappa shape index (κ3) is 3.67. The molecule has 0 aliphatic carbocycles. The summed E-state index contributed by atoms with van der Waals surface area (Å²) < 4.78 is 0. The summed E-state index contributed by atoms with van der Waals surface area (Å²) in [7, 11) is 0. The molecule has 0 aromatic heterocycles. The van der Waals surface area contributed by atoms with E-state index in [2.05, 4.69) is 17.4 Å². The van der Waals surface area contributed by atoms with Crippen LogP contribution in [0.1, 0.15) is 34.0 Å². The van der Waals surface area contributed by atoms with Gasteiger partial charge in [0.2, 0.25) is 5.91 Å². The Labute approximate surface area is 164 Å². The summed E-state index contributed by atoms with van der Waals surface area (Å²) in [4.78, 5) is 26.4. The van der Waals surface area contributed by atoms with E-state index < -0.39 is 0 Å². The van der Waals surface area contributed by atoms with E-state index in [1.165, 1.54) is 5.56 Å². The lowest BCUT2D eigenvalue weighted by Crippen LogP contribution is -2.25. The number of nitrogens with one attached hydrogen (secondary N) is 1. The lowest BCUT2D eigenvalue weighted by molar-refractivity contribution is -0.116. The summed E-state index contributed by atoms with van der Waals surface area (Å²) in [6.45, 7) is 2.27. The van der Waals surface area contributed by atoms with Crippen LogP contribution in [0.2, 0.25) is 0 Å². The van der Waals surface area contributed by atoms with Crippen molar-refractivity contribution in [2.75, 3.05) is 16.8 Å². The molecule has 4 heteroatoms. The van der Waals surface area contributed by atoms with Crippen molar-refractivity contribution >= 4 is 23.2 Å². The highest BCUT2D eigenvalue weighted by Gasteiger charge is 2.22. The van der Waals surface area contributed by atoms with Crippen LogP contribution in [0.25, 0.3) is 0 Å². The zero-order chi connectivity index (χ0) is 19.5. The summed E-state index contributed by atoms with van der Waals surface area (Å²) in [5.74, 6) is -0.0710. The van der Waals surface area contributed by atoms with Crippen molar-refractivity contribution in [2.45, 2.75) is 19.8 Å². The second-order valence-corrected chi connectivity index (χ2v) is 7.04. The Bertz CT molecular complexity index is 1030. The Hall–Kier alpha value is -3.40. The molecule has 0 saturated carbocycles. The maximum atomic E-state index is 12.9. The molecule has 140 valence electrons. The topological polar surface area (TPSA) is 49.4 Å². The SMILES string of the molecule is CC(=O)N1CCc2cc(NC(=O)c3ccccc3Cc3ccccc3)ccc21. The Morgan fingerprint density at radius 1 is 0.964 bits per heavy atom. The minimum atomic E-state index is -0.118. The molecule has 1 heterocycles. The highest BCUT2D eigenvalue weighted by molar-refractivity contribution is 6.05.